The van der Waals surface area contributed by atoms with Crippen LogP contribution in [0.1, 0.15) is 33.1 Å². The lowest BCUT2D eigenvalue weighted by molar-refractivity contribution is -0.0496. The number of aliphatic imine (C=N–C) groups is 1. The average molecular weight is 556 g/mol. The number of alkyl halides is 3. The van der Waals surface area contributed by atoms with Gasteiger partial charge in [-0.05, 0) is 39.0 Å². The Hall–Kier alpha value is -0.340. The van der Waals surface area contributed by atoms with E-state index in [4.69, 9.17) is 4.74 Å². The molecule has 0 aromatic carbocycles. The number of hydrogen-bond donors (Lipinski definition) is 1. The molecule has 0 aliphatic carbocycles. The monoisotopic (exact) mass is 556 g/mol. The third kappa shape index (κ3) is 7.39. The number of piperidine rings is 1. The predicted molar refractivity (Wildman–Crippen MR) is 117 cm³/mol. The second-order valence-corrected chi connectivity index (χ2v) is 9.18. The third-order valence-corrected chi connectivity index (χ3v) is 6.81. The van der Waals surface area contributed by atoms with Gasteiger partial charge in [0.25, 0.3) is 0 Å². The molecule has 29 heavy (non-hydrogen) atoms. The number of guanidine groups is 1. The first-order valence-corrected chi connectivity index (χ1v) is 11.3. The van der Waals surface area contributed by atoms with Crippen LogP contribution in [0.25, 0.3) is 0 Å². The number of likely N-dealkylation sites (tertiary alicyclic amines) is 1. The van der Waals surface area contributed by atoms with Crippen molar-refractivity contribution < 1.29 is 26.3 Å². The fraction of sp³-hybridized carbons (Fsp3) is 0.941. The van der Waals surface area contributed by atoms with Crippen LogP contribution in [0.4, 0.5) is 13.2 Å². The van der Waals surface area contributed by atoms with Crippen molar-refractivity contribution in [2.45, 2.75) is 38.6 Å². The Morgan fingerprint density at radius 2 is 1.76 bits per heavy atom. The largest absolute Gasteiger partial charge is 0.511 e. The molecule has 1 unspecified atom stereocenters. The fourth-order valence-corrected chi connectivity index (χ4v) is 4.55. The lowest BCUT2D eigenvalue weighted by Gasteiger charge is -2.31. The van der Waals surface area contributed by atoms with Crippen molar-refractivity contribution in [3.63, 3.8) is 0 Å². The molecule has 2 rings (SSSR count). The van der Waals surface area contributed by atoms with Crippen molar-refractivity contribution in [1.29, 1.82) is 0 Å². The summed E-state index contributed by atoms with van der Waals surface area (Å²) in [5.41, 5.74) is -5.23. The Balaban J connectivity index is 0.00000420. The van der Waals surface area contributed by atoms with E-state index in [0.717, 1.165) is 38.6 Å². The molecular weight excluding hydrogens is 524 g/mol. The number of nitrogens with one attached hydrogen (secondary N) is 1. The summed E-state index contributed by atoms with van der Waals surface area (Å²) in [4.78, 5) is 6.86. The molecule has 1 atom stereocenters. The maximum atomic E-state index is 12.7. The van der Waals surface area contributed by atoms with Crippen molar-refractivity contribution >= 4 is 40.0 Å². The first kappa shape index (κ1) is 26.7. The number of halogens is 4. The molecule has 2 aliphatic heterocycles. The summed E-state index contributed by atoms with van der Waals surface area (Å²) in [5, 5.41) is 3.27. The van der Waals surface area contributed by atoms with Gasteiger partial charge in [-0.3, -0.25) is 4.99 Å². The summed E-state index contributed by atoms with van der Waals surface area (Å²) < 4.78 is 67.0. The zero-order valence-corrected chi connectivity index (χ0v) is 20.1. The van der Waals surface area contributed by atoms with E-state index in [1.165, 1.54) is 0 Å². The van der Waals surface area contributed by atoms with Crippen molar-refractivity contribution in [3.8, 4) is 0 Å². The van der Waals surface area contributed by atoms with Crippen LogP contribution in [0.2, 0.25) is 0 Å². The highest BCUT2D eigenvalue weighted by Gasteiger charge is 2.50. The number of sulfonamides is 1. The van der Waals surface area contributed by atoms with Crippen molar-refractivity contribution in [3.05, 3.63) is 0 Å². The summed E-state index contributed by atoms with van der Waals surface area (Å²) in [6, 6.07) is 0. The lowest BCUT2D eigenvalue weighted by Crippen LogP contribution is -2.45. The van der Waals surface area contributed by atoms with Crippen LogP contribution in [0.5, 0.6) is 0 Å². The average Bonchev–Trinajstić information content (AvgIpc) is 3.11. The van der Waals surface area contributed by atoms with E-state index < -0.39 is 15.5 Å². The van der Waals surface area contributed by atoms with Crippen LogP contribution in [0.3, 0.4) is 0 Å². The van der Waals surface area contributed by atoms with Crippen LogP contribution >= 0.6 is 24.0 Å². The molecule has 0 spiro atoms. The summed E-state index contributed by atoms with van der Waals surface area (Å²) >= 11 is 0. The third-order valence-electron chi connectivity index (χ3n) is 5.18. The Labute approximate surface area is 188 Å². The molecule has 0 saturated carbocycles. The van der Waals surface area contributed by atoms with Gasteiger partial charge in [0.1, 0.15) is 0 Å². The molecule has 0 bridgehead atoms. The molecule has 0 aromatic heterocycles. The van der Waals surface area contributed by atoms with Crippen molar-refractivity contribution in [2.75, 3.05) is 52.5 Å². The van der Waals surface area contributed by atoms with E-state index in [1.54, 1.807) is 0 Å². The van der Waals surface area contributed by atoms with Gasteiger partial charge < -0.3 is 15.0 Å². The second-order valence-electron chi connectivity index (χ2n) is 7.25. The Kier molecular flexibility index (Phi) is 10.9. The minimum Gasteiger partial charge on any atom is -0.381 e. The molecule has 172 valence electrons. The van der Waals surface area contributed by atoms with Crippen molar-refractivity contribution in [1.82, 2.24) is 14.5 Å². The zero-order valence-electron chi connectivity index (χ0n) is 16.9. The van der Waals surface area contributed by atoms with Gasteiger partial charge in [-0.15, -0.1) is 24.0 Å². The minimum atomic E-state index is -5.23. The van der Waals surface area contributed by atoms with Crippen molar-refractivity contribution in [2.24, 2.45) is 16.8 Å². The lowest BCUT2D eigenvalue weighted by atomic mass is 9.98. The van der Waals surface area contributed by atoms with Crippen LogP contribution in [-0.2, 0) is 14.8 Å². The highest BCUT2D eigenvalue weighted by atomic mass is 127. The summed E-state index contributed by atoms with van der Waals surface area (Å²) in [5.74, 6) is 1.36. The molecular formula is C17H32F3IN4O3S. The molecule has 12 heteroatoms. The van der Waals surface area contributed by atoms with Crippen LogP contribution in [0.15, 0.2) is 4.99 Å². The van der Waals surface area contributed by atoms with Gasteiger partial charge in [0, 0.05) is 51.8 Å². The molecule has 0 amide bonds. The quantitative estimate of drug-likeness (QED) is 0.297. The first-order chi connectivity index (χ1) is 13.2. The van der Waals surface area contributed by atoms with Crippen LogP contribution in [-0.4, -0.2) is 81.6 Å². The number of ether oxygens (including phenoxy) is 1. The SMILES string of the molecule is CCNC(=NCC1CCN(S(=O)(=O)C(F)(F)F)CC1)N1CCC(COCC)C1.I. The summed E-state index contributed by atoms with van der Waals surface area (Å²) in [7, 11) is -5.22. The van der Waals surface area contributed by atoms with E-state index >= 15 is 0 Å². The van der Waals surface area contributed by atoms with Gasteiger partial charge in [0.15, 0.2) is 5.96 Å². The number of rotatable bonds is 7. The summed E-state index contributed by atoms with van der Waals surface area (Å²) in [6.45, 7) is 8.15. The maximum Gasteiger partial charge on any atom is 0.511 e. The number of hydrogen-bond acceptors (Lipinski definition) is 4. The van der Waals surface area contributed by atoms with Gasteiger partial charge in [-0.2, -0.15) is 17.5 Å². The Morgan fingerprint density at radius 3 is 2.31 bits per heavy atom. The molecule has 2 fully saturated rings. The van der Waals surface area contributed by atoms with Crippen LogP contribution < -0.4 is 5.32 Å². The van der Waals surface area contributed by atoms with Gasteiger partial charge >= 0.3 is 15.5 Å². The smallest absolute Gasteiger partial charge is 0.381 e. The van der Waals surface area contributed by atoms with Crippen LogP contribution in [0, 0.1) is 11.8 Å². The molecule has 2 saturated heterocycles. The molecule has 0 aromatic rings. The van der Waals surface area contributed by atoms with E-state index in [1.807, 2.05) is 13.8 Å². The molecule has 1 N–H and O–H groups in total. The maximum absolute atomic E-state index is 12.7. The van der Waals surface area contributed by atoms with Gasteiger partial charge in [-0.1, -0.05) is 0 Å². The van der Waals surface area contributed by atoms with E-state index in [0.29, 0.717) is 36.2 Å². The molecule has 7 nitrogen and oxygen atoms in total. The molecule has 2 aliphatic rings. The Morgan fingerprint density at radius 1 is 1.14 bits per heavy atom. The van der Waals surface area contributed by atoms with Gasteiger partial charge in [0.05, 0.1) is 6.61 Å². The zero-order chi connectivity index (χ0) is 20.8. The minimum absolute atomic E-state index is 0. The van der Waals surface area contributed by atoms with Gasteiger partial charge in [-0.25, -0.2) is 8.42 Å². The highest BCUT2D eigenvalue weighted by molar-refractivity contribution is 14.0. The molecule has 0 radical (unpaired) electrons. The fourth-order valence-electron chi connectivity index (χ4n) is 3.57. The first-order valence-electron chi connectivity index (χ1n) is 9.86. The van der Waals surface area contributed by atoms with Gasteiger partial charge in [0.2, 0.25) is 0 Å². The van der Waals surface area contributed by atoms with E-state index in [2.05, 4.69) is 15.2 Å². The number of nitrogens with zero attached hydrogens (tertiary/aromatic N) is 3. The molecule has 2 heterocycles. The second kappa shape index (κ2) is 11.9. The predicted octanol–water partition coefficient (Wildman–Crippen LogP) is 2.49. The summed E-state index contributed by atoms with van der Waals surface area (Å²) in [6.07, 6.45) is 1.80. The Bertz CT molecular complexity index is 626. The standard InChI is InChI=1S/C17H31F3N4O3S.HI/c1-3-21-16(23-8-5-15(12-23)13-27-4-2)22-11-14-6-9-24(10-7-14)28(25,26)17(18,19)20;/h14-15H,3-13H2,1-2H3,(H,21,22);1H. The van der Waals surface area contributed by atoms with E-state index in [-0.39, 0.29) is 43.0 Å². The highest BCUT2D eigenvalue weighted by Crippen LogP contribution is 2.30. The van der Waals surface area contributed by atoms with E-state index in [9.17, 15) is 21.6 Å². The topological polar surface area (TPSA) is 74.2 Å². The normalized spacial score (nSPS) is 22.6.